The maximum Gasteiger partial charge on any atom is 0.277 e. The summed E-state index contributed by atoms with van der Waals surface area (Å²) in [6, 6.07) is 6.24. The number of hydrogen-bond donors (Lipinski definition) is 1. The lowest BCUT2D eigenvalue weighted by molar-refractivity contribution is -0.304. The Morgan fingerprint density at radius 3 is 2.67 bits per heavy atom. The van der Waals surface area contributed by atoms with Crippen molar-refractivity contribution in [2.24, 2.45) is 0 Å². The number of phenolic OH excluding ortho intramolecular Hbond substituents is 1. The predicted molar refractivity (Wildman–Crippen MR) is 61.7 cm³/mol. The van der Waals surface area contributed by atoms with E-state index in [0.29, 0.717) is 5.56 Å². The van der Waals surface area contributed by atoms with Crippen LogP contribution in [0.4, 0.5) is 0 Å². The zero-order valence-electron chi connectivity index (χ0n) is 9.36. The number of thioether (sulfide) groups is 1. The molecular formula is C11H9N2O4S-. The van der Waals surface area contributed by atoms with Crippen molar-refractivity contribution in [2.45, 2.75) is 17.4 Å². The SMILES string of the molecule is C[C@@H](Sc1nnc(-c2ccc(O)cc2)o1)C(=O)[O-]. The number of phenols is 1. The molecule has 0 unspecified atom stereocenters. The summed E-state index contributed by atoms with van der Waals surface area (Å²) in [7, 11) is 0. The van der Waals surface area contributed by atoms with Gasteiger partial charge in [-0.1, -0.05) is 11.8 Å². The molecule has 0 saturated heterocycles. The van der Waals surface area contributed by atoms with Crippen LogP contribution in [0.3, 0.4) is 0 Å². The Hall–Kier alpha value is -2.02. The van der Waals surface area contributed by atoms with Gasteiger partial charge in [0, 0.05) is 5.56 Å². The third kappa shape index (κ3) is 2.80. The molecule has 0 amide bonds. The lowest BCUT2D eigenvalue weighted by atomic mass is 10.2. The lowest BCUT2D eigenvalue weighted by Gasteiger charge is -2.07. The molecule has 0 aliphatic rings. The number of hydrogen-bond acceptors (Lipinski definition) is 7. The van der Waals surface area contributed by atoms with E-state index in [0.717, 1.165) is 11.8 Å². The second-order valence-corrected chi connectivity index (χ2v) is 4.79. The van der Waals surface area contributed by atoms with E-state index in [1.807, 2.05) is 0 Å². The van der Waals surface area contributed by atoms with E-state index in [-0.39, 0.29) is 16.9 Å². The molecule has 0 radical (unpaired) electrons. The van der Waals surface area contributed by atoms with Crippen LogP contribution in [0, 0.1) is 0 Å². The fraction of sp³-hybridized carbons (Fsp3) is 0.182. The van der Waals surface area contributed by atoms with Gasteiger partial charge in [0.05, 0.1) is 11.2 Å². The highest BCUT2D eigenvalue weighted by Gasteiger charge is 2.13. The number of rotatable bonds is 4. The van der Waals surface area contributed by atoms with Crippen molar-refractivity contribution in [1.29, 1.82) is 0 Å². The molecule has 0 bridgehead atoms. The van der Waals surface area contributed by atoms with Gasteiger partial charge in [-0.3, -0.25) is 0 Å². The van der Waals surface area contributed by atoms with Gasteiger partial charge in [0.15, 0.2) is 0 Å². The smallest absolute Gasteiger partial charge is 0.277 e. The summed E-state index contributed by atoms with van der Waals surface area (Å²) in [5, 5.41) is 26.6. The van der Waals surface area contributed by atoms with Gasteiger partial charge in [-0.15, -0.1) is 10.2 Å². The highest BCUT2D eigenvalue weighted by Crippen LogP contribution is 2.26. The molecule has 0 spiro atoms. The highest BCUT2D eigenvalue weighted by molar-refractivity contribution is 8.00. The first kappa shape index (κ1) is 12.4. The summed E-state index contributed by atoms with van der Waals surface area (Å²) in [6.45, 7) is 1.48. The van der Waals surface area contributed by atoms with Gasteiger partial charge >= 0.3 is 0 Å². The van der Waals surface area contributed by atoms with Crippen LogP contribution in [-0.4, -0.2) is 26.5 Å². The number of benzene rings is 1. The molecule has 1 atom stereocenters. The molecule has 0 aliphatic heterocycles. The first-order chi connectivity index (χ1) is 8.56. The Balaban J connectivity index is 2.15. The van der Waals surface area contributed by atoms with Crippen LogP contribution in [0.1, 0.15) is 6.92 Å². The summed E-state index contributed by atoms with van der Waals surface area (Å²) in [6.07, 6.45) is 0. The fourth-order valence-corrected chi connectivity index (χ4v) is 1.79. The Labute approximate surface area is 107 Å². The molecule has 1 aromatic heterocycles. The standard InChI is InChI=1S/C11H10N2O4S/c1-6(10(15)16)18-11-13-12-9(17-11)7-2-4-8(14)5-3-7/h2-6,14H,1H3,(H,15,16)/p-1/t6-/m1/s1. The normalized spacial score (nSPS) is 12.3. The average Bonchev–Trinajstić information content (AvgIpc) is 2.78. The largest absolute Gasteiger partial charge is 0.549 e. The first-order valence-electron chi connectivity index (χ1n) is 5.06. The van der Waals surface area contributed by atoms with E-state index >= 15 is 0 Å². The summed E-state index contributed by atoms with van der Waals surface area (Å²) in [5.41, 5.74) is 0.647. The Morgan fingerprint density at radius 2 is 2.06 bits per heavy atom. The van der Waals surface area contributed by atoms with Gasteiger partial charge in [0.25, 0.3) is 5.22 Å². The van der Waals surface area contributed by atoms with Gasteiger partial charge in [0.1, 0.15) is 5.75 Å². The summed E-state index contributed by atoms with van der Waals surface area (Å²) < 4.78 is 5.30. The zero-order valence-corrected chi connectivity index (χ0v) is 10.2. The van der Waals surface area contributed by atoms with Gasteiger partial charge in [0.2, 0.25) is 5.89 Å². The molecule has 18 heavy (non-hydrogen) atoms. The van der Waals surface area contributed by atoms with Crippen molar-refractivity contribution < 1.29 is 19.4 Å². The number of carboxylic acids is 1. The molecule has 94 valence electrons. The van der Waals surface area contributed by atoms with E-state index < -0.39 is 11.2 Å². The minimum Gasteiger partial charge on any atom is -0.549 e. The number of carboxylic acid groups (broad SMARTS) is 1. The lowest BCUT2D eigenvalue weighted by Crippen LogP contribution is -2.31. The highest BCUT2D eigenvalue weighted by atomic mass is 32.2. The number of aromatic hydroxyl groups is 1. The van der Waals surface area contributed by atoms with Crippen LogP contribution in [0.15, 0.2) is 33.9 Å². The summed E-state index contributed by atoms with van der Waals surface area (Å²) in [4.78, 5) is 10.6. The molecule has 0 aliphatic carbocycles. The molecular weight excluding hydrogens is 256 g/mol. The topological polar surface area (TPSA) is 99.3 Å². The second-order valence-electron chi connectivity index (χ2n) is 3.50. The van der Waals surface area contributed by atoms with E-state index in [4.69, 9.17) is 9.52 Å². The number of carbonyl (C=O) groups excluding carboxylic acids is 1. The van der Waals surface area contributed by atoms with E-state index in [9.17, 15) is 9.90 Å². The van der Waals surface area contributed by atoms with Crippen LogP contribution in [0.5, 0.6) is 5.75 Å². The molecule has 7 heteroatoms. The zero-order chi connectivity index (χ0) is 13.1. The van der Waals surface area contributed by atoms with Crippen LogP contribution in [-0.2, 0) is 4.79 Å². The third-order valence-corrected chi connectivity index (χ3v) is 3.04. The molecule has 1 N–H and O–H groups in total. The van der Waals surface area contributed by atoms with E-state index in [1.54, 1.807) is 12.1 Å². The number of aliphatic carboxylic acids is 1. The Bertz CT molecular complexity index is 552. The van der Waals surface area contributed by atoms with Gasteiger partial charge in [-0.25, -0.2) is 0 Å². The van der Waals surface area contributed by atoms with E-state index in [1.165, 1.54) is 19.1 Å². The number of aromatic nitrogens is 2. The van der Waals surface area contributed by atoms with Crippen LogP contribution < -0.4 is 5.11 Å². The van der Waals surface area contributed by atoms with Crippen molar-refractivity contribution in [3.05, 3.63) is 24.3 Å². The molecule has 6 nitrogen and oxygen atoms in total. The average molecular weight is 265 g/mol. The number of nitrogens with zero attached hydrogens (tertiary/aromatic N) is 2. The fourth-order valence-electron chi connectivity index (χ4n) is 1.18. The first-order valence-corrected chi connectivity index (χ1v) is 5.94. The van der Waals surface area contributed by atoms with Crippen LogP contribution in [0.2, 0.25) is 0 Å². The van der Waals surface area contributed by atoms with Gasteiger partial charge in [-0.05, 0) is 31.2 Å². The van der Waals surface area contributed by atoms with Crippen LogP contribution >= 0.6 is 11.8 Å². The van der Waals surface area contributed by atoms with Crippen molar-refractivity contribution in [1.82, 2.24) is 10.2 Å². The molecule has 0 fully saturated rings. The van der Waals surface area contributed by atoms with Gasteiger partial charge < -0.3 is 19.4 Å². The Morgan fingerprint density at radius 1 is 1.39 bits per heavy atom. The van der Waals surface area contributed by atoms with E-state index in [2.05, 4.69) is 10.2 Å². The van der Waals surface area contributed by atoms with Crippen LogP contribution in [0.25, 0.3) is 11.5 Å². The minimum absolute atomic E-state index is 0.137. The maximum absolute atomic E-state index is 10.6. The molecule has 1 aromatic carbocycles. The van der Waals surface area contributed by atoms with Crippen molar-refractivity contribution in [2.75, 3.05) is 0 Å². The minimum atomic E-state index is -1.19. The quantitative estimate of drug-likeness (QED) is 0.811. The van der Waals surface area contributed by atoms with Gasteiger partial charge in [-0.2, -0.15) is 0 Å². The van der Waals surface area contributed by atoms with Crippen molar-refractivity contribution in [3.63, 3.8) is 0 Å². The van der Waals surface area contributed by atoms with Crippen molar-refractivity contribution >= 4 is 17.7 Å². The second kappa shape index (κ2) is 5.09. The molecule has 2 aromatic rings. The number of carbonyl (C=O) groups is 1. The predicted octanol–water partition coefficient (Wildman–Crippen LogP) is 0.673. The summed E-state index contributed by atoms with van der Waals surface area (Å²) >= 11 is 0.919. The molecule has 0 saturated carbocycles. The monoisotopic (exact) mass is 265 g/mol. The molecule has 2 rings (SSSR count). The Kier molecular flexibility index (Phi) is 3.52. The van der Waals surface area contributed by atoms with Crippen molar-refractivity contribution in [3.8, 4) is 17.2 Å². The maximum atomic E-state index is 10.6. The third-order valence-electron chi connectivity index (χ3n) is 2.13. The molecule has 1 heterocycles. The summed E-state index contributed by atoms with van der Waals surface area (Å²) in [5.74, 6) is -0.786.